The van der Waals surface area contributed by atoms with Crippen LogP contribution in [-0.2, 0) is 19.6 Å². The minimum atomic E-state index is -0.462. The van der Waals surface area contributed by atoms with Crippen molar-refractivity contribution in [3.63, 3.8) is 0 Å². The van der Waals surface area contributed by atoms with Gasteiger partial charge in [-0.2, -0.15) is 0 Å². The Kier molecular flexibility index (Phi) is 6.39. The summed E-state index contributed by atoms with van der Waals surface area (Å²) in [7, 11) is 0. The Morgan fingerprint density at radius 1 is 1.06 bits per heavy atom. The van der Waals surface area contributed by atoms with Gasteiger partial charge in [0, 0.05) is 30.5 Å². The van der Waals surface area contributed by atoms with E-state index in [1.807, 2.05) is 62.4 Å². The molecule has 0 bridgehead atoms. The fourth-order valence-electron chi connectivity index (χ4n) is 3.85. The third-order valence-electron chi connectivity index (χ3n) is 5.69. The van der Waals surface area contributed by atoms with Crippen LogP contribution in [0.15, 0.2) is 80.0 Å². The van der Waals surface area contributed by atoms with Gasteiger partial charge in [0.1, 0.15) is 12.0 Å². The van der Waals surface area contributed by atoms with E-state index in [-0.39, 0.29) is 0 Å². The number of aryl methyl sites for hydroxylation is 2. The molecular weight excluding hydrogens is 464 g/mol. The largest absolute Gasteiger partial charge is 0.449 e. The van der Waals surface area contributed by atoms with E-state index in [1.165, 1.54) is 4.57 Å². The number of oxazole rings is 1. The molecule has 0 aliphatic carbocycles. The third kappa shape index (κ3) is 4.84. The summed E-state index contributed by atoms with van der Waals surface area (Å²) < 4.78 is 11.9. The van der Waals surface area contributed by atoms with Gasteiger partial charge in [-0.15, -0.1) is 0 Å². The van der Waals surface area contributed by atoms with Crippen LogP contribution in [0.25, 0.3) is 22.4 Å². The molecule has 0 fully saturated rings. The predicted octanol–water partition coefficient (Wildman–Crippen LogP) is 3.71. The first-order chi connectivity index (χ1) is 17.0. The number of rotatable bonds is 8. The average Bonchev–Trinajstić information content (AvgIpc) is 3.50. The molecule has 0 amide bonds. The van der Waals surface area contributed by atoms with Gasteiger partial charge in [0.15, 0.2) is 17.1 Å². The number of H-pyrrole nitrogens is 1. The molecule has 3 heterocycles. The number of hydrogen-bond acceptors (Lipinski definition) is 7. The summed E-state index contributed by atoms with van der Waals surface area (Å²) >= 11 is 1.56. The lowest BCUT2D eigenvalue weighted by Crippen LogP contribution is -2.31. The normalized spacial score (nSPS) is 11.4. The maximum Gasteiger partial charge on any atom is 0.330 e. The van der Waals surface area contributed by atoms with Crippen LogP contribution in [0.2, 0.25) is 0 Å². The Morgan fingerprint density at radius 3 is 2.49 bits per heavy atom. The Bertz CT molecular complexity index is 1580. The molecule has 0 aliphatic heterocycles. The second-order valence-electron chi connectivity index (χ2n) is 8.06. The van der Waals surface area contributed by atoms with Gasteiger partial charge in [-0.3, -0.25) is 19.1 Å². The van der Waals surface area contributed by atoms with E-state index in [0.717, 1.165) is 27.3 Å². The molecule has 2 N–H and O–H groups in total. The Labute approximate surface area is 205 Å². The molecule has 9 nitrogen and oxygen atoms in total. The van der Waals surface area contributed by atoms with Crippen molar-refractivity contribution in [3.05, 3.63) is 99.0 Å². The Balaban J connectivity index is 1.21. The molecule has 0 unspecified atom stereocenters. The summed E-state index contributed by atoms with van der Waals surface area (Å²) in [5, 5.41) is 0. The van der Waals surface area contributed by atoms with Gasteiger partial charge in [0.05, 0.1) is 12.9 Å². The molecule has 35 heavy (non-hydrogen) atoms. The van der Waals surface area contributed by atoms with Crippen LogP contribution in [0.1, 0.15) is 23.9 Å². The van der Waals surface area contributed by atoms with E-state index < -0.39 is 11.2 Å². The van der Waals surface area contributed by atoms with Crippen LogP contribution in [0, 0.1) is 6.92 Å². The molecule has 178 valence electrons. The van der Waals surface area contributed by atoms with Crippen LogP contribution in [0.3, 0.4) is 0 Å². The summed E-state index contributed by atoms with van der Waals surface area (Å²) in [4.78, 5) is 36.8. The smallest absolute Gasteiger partial charge is 0.330 e. The van der Waals surface area contributed by atoms with Crippen molar-refractivity contribution in [3.8, 4) is 11.3 Å². The summed E-state index contributed by atoms with van der Waals surface area (Å²) in [6, 6.07) is 16.2. The Morgan fingerprint density at radius 2 is 1.80 bits per heavy atom. The van der Waals surface area contributed by atoms with Crippen molar-refractivity contribution in [1.29, 1.82) is 0 Å². The molecule has 0 saturated heterocycles. The summed E-state index contributed by atoms with van der Waals surface area (Å²) in [6.45, 7) is 5.36. The number of benzene rings is 2. The molecule has 0 radical (unpaired) electrons. The van der Waals surface area contributed by atoms with Crippen molar-refractivity contribution in [2.75, 3.05) is 0 Å². The van der Waals surface area contributed by atoms with Crippen molar-refractivity contribution < 1.29 is 4.42 Å². The standard InChI is InChI=1S/C25H24N6O3S/c1-3-30-15-26-23-22(30)24(32)29-25(33)31(23)13-18-6-4-17(5-7-18)12-27-35-20-10-8-19(9-11-20)21-14-34-16(2)28-21/h4-11,14-15,27H,3,12-13H2,1-2H3,(H,29,32,33). The number of imidazole rings is 1. The van der Waals surface area contributed by atoms with Gasteiger partial charge in [-0.1, -0.05) is 36.4 Å². The van der Waals surface area contributed by atoms with Crippen LogP contribution in [-0.4, -0.2) is 24.1 Å². The number of aromatic nitrogens is 5. The van der Waals surface area contributed by atoms with Gasteiger partial charge in [0.25, 0.3) is 5.56 Å². The third-order valence-corrected chi connectivity index (χ3v) is 6.49. The maximum atomic E-state index is 12.4. The number of aromatic amines is 1. The van der Waals surface area contributed by atoms with E-state index >= 15 is 0 Å². The first kappa shape index (κ1) is 22.9. The lowest BCUT2D eigenvalue weighted by molar-refractivity contribution is 0.521. The fraction of sp³-hybridized carbons (Fsp3) is 0.200. The minimum absolute atomic E-state index is 0.326. The van der Waals surface area contributed by atoms with E-state index in [1.54, 1.807) is 29.1 Å². The second kappa shape index (κ2) is 9.77. The molecule has 10 heteroatoms. The van der Waals surface area contributed by atoms with Crippen molar-refractivity contribution >= 4 is 23.1 Å². The van der Waals surface area contributed by atoms with E-state index in [2.05, 4.69) is 19.7 Å². The van der Waals surface area contributed by atoms with E-state index in [0.29, 0.717) is 36.7 Å². The second-order valence-corrected chi connectivity index (χ2v) is 9.03. The van der Waals surface area contributed by atoms with Gasteiger partial charge in [0.2, 0.25) is 0 Å². The highest BCUT2D eigenvalue weighted by molar-refractivity contribution is 7.97. The monoisotopic (exact) mass is 488 g/mol. The maximum absolute atomic E-state index is 12.4. The lowest BCUT2D eigenvalue weighted by Gasteiger charge is -2.09. The topological polar surface area (TPSA) is 111 Å². The Hall–Kier alpha value is -3.89. The van der Waals surface area contributed by atoms with E-state index in [9.17, 15) is 9.59 Å². The zero-order valence-corrected chi connectivity index (χ0v) is 20.1. The summed E-state index contributed by atoms with van der Waals surface area (Å²) in [6.07, 6.45) is 3.25. The van der Waals surface area contributed by atoms with Gasteiger partial charge in [-0.25, -0.2) is 14.8 Å². The zero-order valence-electron chi connectivity index (χ0n) is 19.3. The highest BCUT2D eigenvalue weighted by atomic mass is 32.2. The number of hydrogen-bond donors (Lipinski definition) is 2. The fourth-order valence-corrected chi connectivity index (χ4v) is 4.52. The molecule has 0 saturated carbocycles. The number of nitrogens with zero attached hydrogens (tertiary/aromatic N) is 4. The highest BCUT2D eigenvalue weighted by Crippen LogP contribution is 2.23. The van der Waals surface area contributed by atoms with Crippen molar-refractivity contribution in [2.45, 2.75) is 38.4 Å². The minimum Gasteiger partial charge on any atom is -0.449 e. The molecular formula is C25H24N6O3S. The SMILES string of the molecule is CCn1cnc2c1c(=O)[nH]c(=O)n2Cc1ccc(CNSc2ccc(-c3coc(C)n3)cc2)cc1. The van der Waals surface area contributed by atoms with Gasteiger partial charge < -0.3 is 8.98 Å². The van der Waals surface area contributed by atoms with Gasteiger partial charge >= 0.3 is 5.69 Å². The van der Waals surface area contributed by atoms with Gasteiger partial charge in [-0.05, 0) is 42.1 Å². The summed E-state index contributed by atoms with van der Waals surface area (Å²) in [5.74, 6) is 0.650. The van der Waals surface area contributed by atoms with Crippen molar-refractivity contribution in [2.24, 2.45) is 0 Å². The van der Waals surface area contributed by atoms with E-state index in [4.69, 9.17) is 4.42 Å². The van der Waals surface area contributed by atoms with Crippen molar-refractivity contribution in [1.82, 2.24) is 28.8 Å². The quantitative estimate of drug-likeness (QED) is 0.320. The average molecular weight is 489 g/mol. The molecule has 3 aromatic heterocycles. The summed E-state index contributed by atoms with van der Waals surface area (Å²) in [5.41, 5.74) is 3.84. The number of nitrogens with one attached hydrogen (secondary N) is 2. The lowest BCUT2D eigenvalue weighted by atomic mass is 10.1. The molecule has 0 aliphatic rings. The van der Waals surface area contributed by atoms with Crippen LogP contribution >= 0.6 is 11.9 Å². The van der Waals surface area contributed by atoms with Crippen LogP contribution in [0.5, 0.6) is 0 Å². The number of fused-ring (bicyclic) bond motifs is 1. The van der Waals surface area contributed by atoms with Crippen LogP contribution in [0.4, 0.5) is 0 Å². The zero-order chi connectivity index (χ0) is 24.4. The highest BCUT2D eigenvalue weighted by Gasteiger charge is 2.13. The molecule has 5 aromatic rings. The molecule has 2 aromatic carbocycles. The first-order valence-electron chi connectivity index (χ1n) is 11.2. The molecule has 0 atom stereocenters. The molecule has 5 rings (SSSR count). The molecule has 0 spiro atoms. The predicted molar refractivity (Wildman–Crippen MR) is 135 cm³/mol. The van der Waals surface area contributed by atoms with Crippen LogP contribution < -0.4 is 16.0 Å². The first-order valence-corrected chi connectivity index (χ1v) is 12.0.